The van der Waals surface area contributed by atoms with E-state index in [1.54, 1.807) is 26.0 Å². The zero-order chi connectivity index (χ0) is 42.9. The summed E-state index contributed by atoms with van der Waals surface area (Å²) in [7, 11) is 0. The van der Waals surface area contributed by atoms with Crippen LogP contribution in [0.25, 0.3) is 0 Å². The normalized spacial score (nSPS) is 18.3. The molecule has 9 amide bonds. The molecule has 7 N–H and O–H groups in total. The lowest BCUT2D eigenvalue weighted by Crippen LogP contribution is -2.54. The molecule has 4 rings (SSSR count). The topological polar surface area (TPSA) is 293 Å². The first-order chi connectivity index (χ1) is 28.3. The summed E-state index contributed by atoms with van der Waals surface area (Å²) in [4.78, 5) is 112. The number of nitrogens with one attached hydrogen (secondary N) is 7. The molecular formula is C38H51N9O12. The van der Waals surface area contributed by atoms with E-state index in [-0.39, 0.29) is 101 Å². The van der Waals surface area contributed by atoms with Crippen LogP contribution in [-0.4, -0.2) is 142 Å². The fraction of sp³-hybridized carbons (Fsp3) is 0.579. The van der Waals surface area contributed by atoms with Crippen molar-refractivity contribution in [3.05, 3.63) is 29.3 Å². The van der Waals surface area contributed by atoms with Crippen LogP contribution in [0.15, 0.2) is 18.2 Å². The van der Waals surface area contributed by atoms with Gasteiger partial charge in [0.25, 0.3) is 11.8 Å². The number of hydrogen-bond acceptors (Lipinski definition) is 14. The van der Waals surface area contributed by atoms with Gasteiger partial charge in [0, 0.05) is 37.5 Å². The fourth-order valence-corrected chi connectivity index (χ4v) is 6.47. The van der Waals surface area contributed by atoms with Crippen molar-refractivity contribution in [1.82, 2.24) is 36.8 Å². The molecule has 1 aromatic carbocycles. The minimum atomic E-state index is -1.05. The van der Waals surface area contributed by atoms with Gasteiger partial charge in [-0.3, -0.25) is 53.4 Å². The van der Waals surface area contributed by atoms with Crippen LogP contribution >= 0.6 is 0 Å². The molecule has 2 fully saturated rings. The number of nitrogens with zero attached hydrogens (tertiary/aromatic N) is 2. The second-order valence-electron chi connectivity index (χ2n) is 14.2. The molecule has 0 aromatic heterocycles. The average molecular weight is 826 g/mol. The summed E-state index contributed by atoms with van der Waals surface area (Å²) in [6, 6.07) is 3.79. The molecular weight excluding hydrogens is 774 g/mol. The molecule has 3 heterocycles. The molecule has 4 atom stereocenters. The monoisotopic (exact) mass is 825 g/mol. The van der Waals surface area contributed by atoms with Crippen LogP contribution in [-0.2, 0) is 47.8 Å². The highest BCUT2D eigenvalue weighted by molar-refractivity contribution is 6.25. The van der Waals surface area contributed by atoms with Gasteiger partial charge in [0.05, 0.1) is 69.9 Å². The number of nitriles is 1. The SMILES string of the molecule is CC(C)C(NC(=O)CNC(=O)CCOCCOCCOCCNc1cccc2c1C(=O)N(C1CCC(=O)NC1=O)C2=O)C(=O)NCC(=O)N[C@H](C#N)CC1CCNC1=O. The molecule has 0 spiro atoms. The highest BCUT2D eigenvalue weighted by Gasteiger charge is 2.45. The standard InChI is InChI=1S/C38H51N9O12/c1-22(2)33(36(54)43-21-30(50)44-24(19-39)18-23-8-10-41-34(23)52)45-31(51)20-42-28(48)9-12-57-14-16-59-17-15-58-13-11-40-26-5-3-4-25-32(26)38(56)47(37(25)55)27-6-7-29(49)46-35(27)53/h3-5,22-24,27,33,40H,6-18,20-21H2,1-2H3,(H,41,52)(H,42,48)(H,43,54)(H,44,50)(H,45,51)(H,46,49,53)/t23?,24-,27?,33?/m0/s1. The number of benzene rings is 1. The predicted molar refractivity (Wildman–Crippen MR) is 205 cm³/mol. The molecule has 3 unspecified atom stereocenters. The minimum Gasteiger partial charge on any atom is -0.382 e. The molecule has 0 saturated carbocycles. The van der Waals surface area contributed by atoms with Gasteiger partial charge in [-0.25, -0.2) is 0 Å². The van der Waals surface area contributed by atoms with Gasteiger partial charge in [0.1, 0.15) is 18.1 Å². The summed E-state index contributed by atoms with van der Waals surface area (Å²) in [5.41, 5.74) is 0.757. The van der Waals surface area contributed by atoms with E-state index in [0.29, 0.717) is 25.2 Å². The predicted octanol–water partition coefficient (Wildman–Crippen LogP) is -2.15. The van der Waals surface area contributed by atoms with Gasteiger partial charge in [-0.1, -0.05) is 19.9 Å². The number of ether oxygens (including phenoxy) is 3. The Labute approximate surface area is 340 Å². The van der Waals surface area contributed by atoms with Crippen LogP contribution in [0, 0.1) is 23.2 Å². The molecule has 21 heteroatoms. The third kappa shape index (κ3) is 13.5. The third-order valence-electron chi connectivity index (χ3n) is 9.56. The molecule has 59 heavy (non-hydrogen) atoms. The molecule has 21 nitrogen and oxygen atoms in total. The van der Waals surface area contributed by atoms with Gasteiger partial charge in [0.15, 0.2) is 0 Å². The number of imide groups is 2. The number of hydrogen-bond donors (Lipinski definition) is 7. The van der Waals surface area contributed by atoms with E-state index >= 15 is 0 Å². The Hall–Kier alpha value is -5.98. The number of carbonyl (C=O) groups is 9. The fourth-order valence-electron chi connectivity index (χ4n) is 6.47. The number of fused-ring (bicyclic) bond motifs is 1. The lowest BCUT2D eigenvalue weighted by Gasteiger charge is -2.27. The van der Waals surface area contributed by atoms with Crippen LogP contribution in [0.2, 0.25) is 0 Å². The highest BCUT2D eigenvalue weighted by atomic mass is 16.5. The summed E-state index contributed by atoms with van der Waals surface area (Å²) in [5.74, 6) is -5.51. The van der Waals surface area contributed by atoms with E-state index < -0.39 is 71.9 Å². The van der Waals surface area contributed by atoms with Crippen molar-refractivity contribution in [3.8, 4) is 6.07 Å². The van der Waals surface area contributed by atoms with Gasteiger partial charge in [-0.05, 0) is 37.3 Å². The van der Waals surface area contributed by atoms with E-state index in [4.69, 9.17) is 14.2 Å². The Bertz CT molecular complexity index is 1800. The van der Waals surface area contributed by atoms with Crippen LogP contribution < -0.4 is 37.2 Å². The lowest BCUT2D eigenvalue weighted by atomic mass is 9.99. The van der Waals surface area contributed by atoms with Crippen molar-refractivity contribution in [1.29, 1.82) is 5.26 Å². The van der Waals surface area contributed by atoms with E-state index in [1.165, 1.54) is 6.07 Å². The van der Waals surface area contributed by atoms with Crippen molar-refractivity contribution in [2.75, 3.05) is 71.1 Å². The number of anilines is 1. The first-order valence-electron chi connectivity index (χ1n) is 19.4. The average Bonchev–Trinajstić information content (AvgIpc) is 3.73. The van der Waals surface area contributed by atoms with Crippen molar-refractivity contribution >= 4 is 58.9 Å². The van der Waals surface area contributed by atoms with E-state index in [9.17, 15) is 48.4 Å². The smallest absolute Gasteiger partial charge is 0.264 e. The zero-order valence-corrected chi connectivity index (χ0v) is 33.0. The first kappa shape index (κ1) is 45.7. The van der Waals surface area contributed by atoms with Crippen LogP contribution in [0.5, 0.6) is 0 Å². The second-order valence-corrected chi connectivity index (χ2v) is 14.2. The Morgan fingerprint density at radius 1 is 0.847 bits per heavy atom. The molecule has 2 saturated heterocycles. The maximum absolute atomic E-state index is 13.2. The van der Waals surface area contributed by atoms with Crippen molar-refractivity contribution in [3.63, 3.8) is 0 Å². The summed E-state index contributed by atoms with van der Waals surface area (Å²) in [6.07, 6.45) is 0.803. The van der Waals surface area contributed by atoms with E-state index in [2.05, 4.69) is 37.2 Å². The molecule has 3 aliphatic heterocycles. The quantitative estimate of drug-likeness (QED) is 0.0432. The molecule has 0 radical (unpaired) electrons. The highest BCUT2D eigenvalue weighted by Crippen LogP contribution is 2.32. The summed E-state index contributed by atoms with van der Waals surface area (Å²) < 4.78 is 16.4. The van der Waals surface area contributed by atoms with Crippen molar-refractivity contribution in [2.45, 2.75) is 64.1 Å². The Morgan fingerprint density at radius 3 is 2.19 bits per heavy atom. The first-order valence-corrected chi connectivity index (χ1v) is 19.4. The molecule has 0 aliphatic carbocycles. The summed E-state index contributed by atoms with van der Waals surface area (Å²) in [6.45, 7) is 4.70. The van der Waals surface area contributed by atoms with Crippen LogP contribution in [0.1, 0.15) is 66.7 Å². The number of rotatable bonds is 24. The molecule has 3 aliphatic rings. The molecule has 320 valence electrons. The minimum absolute atomic E-state index is 0.0267. The van der Waals surface area contributed by atoms with Crippen molar-refractivity contribution in [2.24, 2.45) is 11.8 Å². The Morgan fingerprint density at radius 2 is 1.53 bits per heavy atom. The molecule has 1 aromatic rings. The largest absolute Gasteiger partial charge is 0.382 e. The maximum atomic E-state index is 13.2. The van der Waals surface area contributed by atoms with Gasteiger partial charge < -0.3 is 46.1 Å². The van der Waals surface area contributed by atoms with Crippen molar-refractivity contribution < 1.29 is 57.4 Å². The van der Waals surface area contributed by atoms with Gasteiger partial charge in [-0.15, -0.1) is 0 Å². The van der Waals surface area contributed by atoms with Crippen LogP contribution in [0.4, 0.5) is 5.69 Å². The lowest BCUT2D eigenvalue weighted by molar-refractivity contribution is -0.136. The zero-order valence-electron chi connectivity index (χ0n) is 33.0. The van der Waals surface area contributed by atoms with Gasteiger partial charge >= 0.3 is 0 Å². The maximum Gasteiger partial charge on any atom is 0.264 e. The third-order valence-corrected chi connectivity index (χ3v) is 9.56. The number of carbonyl (C=O) groups excluding carboxylic acids is 9. The second kappa shape index (κ2) is 22.8. The van der Waals surface area contributed by atoms with Gasteiger partial charge in [-0.2, -0.15) is 5.26 Å². The number of amides is 9. The number of piperidine rings is 1. The van der Waals surface area contributed by atoms with Gasteiger partial charge in [0.2, 0.25) is 41.4 Å². The van der Waals surface area contributed by atoms with Crippen LogP contribution in [0.3, 0.4) is 0 Å². The Balaban J connectivity index is 1.01. The summed E-state index contributed by atoms with van der Waals surface area (Å²) >= 11 is 0. The molecule has 0 bridgehead atoms. The van der Waals surface area contributed by atoms with E-state index in [1.807, 2.05) is 6.07 Å². The van der Waals surface area contributed by atoms with E-state index in [0.717, 1.165) is 4.90 Å². The summed E-state index contributed by atoms with van der Waals surface area (Å²) in [5, 5.41) is 27.2. The Kier molecular flexibility index (Phi) is 17.7.